The van der Waals surface area contributed by atoms with Crippen LogP contribution in [-0.2, 0) is 0 Å². The van der Waals surface area contributed by atoms with E-state index in [0.29, 0.717) is 28.4 Å². The van der Waals surface area contributed by atoms with Crippen molar-refractivity contribution in [2.75, 3.05) is 12.3 Å². The van der Waals surface area contributed by atoms with Crippen molar-refractivity contribution in [3.8, 4) is 5.75 Å². The Kier molecular flexibility index (Phi) is 4.07. The van der Waals surface area contributed by atoms with Crippen molar-refractivity contribution in [3.63, 3.8) is 0 Å². The molecular weight excluding hydrogens is 262 g/mol. The Labute approximate surface area is 117 Å². The van der Waals surface area contributed by atoms with E-state index in [2.05, 4.69) is 0 Å². The highest BCUT2D eigenvalue weighted by molar-refractivity contribution is 6.33. The van der Waals surface area contributed by atoms with Gasteiger partial charge in [0.2, 0.25) is 0 Å². The van der Waals surface area contributed by atoms with Gasteiger partial charge in [0.1, 0.15) is 5.75 Å². The predicted molar refractivity (Wildman–Crippen MR) is 76.9 cm³/mol. The summed E-state index contributed by atoms with van der Waals surface area (Å²) in [6.07, 6.45) is 0. The molecule has 0 aliphatic carbocycles. The zero-order valence-electron chi connectivity index (χ0n) is 10.5. The summed E-state index contributed by atoms with van der Waals surface area (Å²) < 4.78 is 5.33. The molecule has 2 aromatic carbocycles. The normalized spacial score (nSPS) is 10.2. The average Bonchev–Trinajstić information content (AvgIpc) is 2.42. The van der Waals surface area contributed by atoms with Gasteiger partial charge in [0, 0.05) is 11.1 Å². The number of halogens is 1. The Morgan fingerprint density at radius 1 is 1.16 bits per heavy atom. The number of hydrogen-bond acceptors (Lipinski definition) is 3. The molecule has 0 bridgehead atoms. The summed E-state index contributed by atoms with van der Waals surface area (Å²) >= 11 is 5.83. The van der Waals surface area contributed by atoms with Gasteiger partial charge in [-0.25, -0.2) is 0 Å². The van der Waals surface area contributed by atoms with Crippen LogP contribution in [0.1, 0.15) is 22.8 Å². The number of nitrogen functional groups attached to an aromatic ring is 1. The summed E-state index contributed by atoms with van der Waals surface area (Å²) in [5, 5.41) is 0.447. The molecule has 0 amide bonds. The number of hydrogen-bond donors (Lipinski definition) is 1. The molecular formula is C15H14ClNO2. The van der Waals surface area contributed by atoms with Crippen LogP contribution in [0, 0.1) is 0 Å². The number of rotatable bonds is 4. The third-order valence-corrected chi connectivity index (χ3v) is 3.03. The fraction of sp³-hybridized carbons (Fsp3) is 0.133. The Morgan fingerprint density at radius 2 is 1.79 bits per heavy atom. The van der Waals surface area contributed by atoms with Gasteiger partial charge in [0.25, 0.3) is 0 Å². The Morgan fingerprint density at radius 3 is 2.37 bits per heavy atom. The van der Waals surface area contributed by atoms with E-state index in [9.17, 15) is 4.79 Å². The average molecular weight is 276 g/mol. The van der Waals surface area contributed by atoms with E-state index in [1.54, 1.807) is 42.5 Å². The van der Waals surface area contributed by atoms with E-state index in [1.807, 2.05) is 6.92 Å². The van der Waals surface area contributed by atoms with Crippen LogP contribution < -0.4 is 10.5 Å². The molecule has 0 fully saturated rings. The summed E-state index contributed by atoms with van der Waals surface area (Å²) in [4.78, 5) is 12.2. The minimum Gasteiger partial charge on any atom is -0.494 e. The second kappa shape index (κ2) is 5.76. The Hall–Kier alpha value is -2.00. The van der Waals surface area contributed by atoms with Gasteiger partial charge in [-0.3, -0.25) is 4.79 Å². The van der Waals surface area contributed by atoms with E-state index < -0.39 is 0 Å². The smallest absolute Gasteiger partial charge is 0.193 e. The molecule has 0 aliphatic heterocycles. The van der Waals surface area contributed by atoms with Gasteiger partial charge in [-0.2, -0.15) is 0 Å². The molecule has 0 saturated carbocycles. The standard InChI is InChI=1S/C15H14ClNO2/c1-2-19-12-6-3-10(4-7-12)15(18)11-5-8-13(16)14(17)9-11/h3-9H,2,17H2,1H3. The number of carbonyl (C=O) groups excluding carboxylic acids is 1. The van der Waals surface area contributed by atoms with Crippen LogP contribution in [0.25, 0.3) is 0 Å². The molecule has 0 aromatic heterocycles. The second-order valence-corrected chi connectivity index (χ2v) is 4.43. The van der Waals surface area contributed by atoms with Crippen LogP contribution in [0.5, 0.6) is 5.75 Å². The van der Waals surface area contributed by atoms with Gasteiger partial charge in [-0.05, 0) is 49.4 Å². The summed E-state index contributed by atoms with van der Waals surface area (Å²) in [6.45, 7) is 2.51. The molecule has 0 unspecified atom stereocenters. The van der Waals surface area contributed by atoms with Gasteiger partial charge < -0.3 is 10.5 Å². The van der Waals surface area contributed by atoms with E-state index >= 15 is 0 Å². The molecule has 98 valence electrons. The Bertz CT molecular complexity index is 594. The molecule has 2 rings (SSSR count). The fourth-order valence-electron chi connectivity index (χ4n) is 1.72. The van der Waals surface area contributed by atoms with E-state index in [-0.39, 0.29) is 5.78 Å². The van der Waals surface area contributed by atoms with Crippen LogP contribution in [0.4, 0.5) is 5.69 Å². The maximum Gasteiger partial charge on any atom is 0.193 e. The highest BCUT2D eigenvalue weighted by Gasteiger charge is 2.10. The first-order valence-electron chi connectivity index (χ1n) is 5.94. The third kappa shape index (κ3) is 3.06. The molecule has 0 atom stereocenters. The number of ether oxygens (including phenoxy) is 1. The summed E-state index contributed by atoms with van der Waals surface area (Å²) in [6, 6.07) is 11.9. The van der Waals surface area contributed by atoms with Gasteiger partial charge in [-0.1, -0.05) is 11.6 Å². The van der Waals surface area contributed by atoms with E-state index in [4.69, 9.17) is 22.1 Å². The fourth-order valence-corrected chi connectivity index (χ4v) is 1.84. The molecule has 19 heavy (non-hydrogen) atoms. The Balaban J connectivity index is 2.25. The molecule has 0 radical (unpaired) electrons. The number of anilines is 1. The maximum absolute atomic E-state index is 12.2. The number of carbonyl (C=O) groups is 1. The third-order valence-electron chi connectivity index (χ3n) is 2.69. The zero-order chi connectivity index (χ0) is 13.8. The first kappa shape index (κ1) is 13.4. The molecule has 0 spiro atoms. The predicted octanol–water partition coefficient (Wildman–Crippen LogP) is 3.55. The molecule has 2 N–H and O–H groups in total. The molecule has 3 nitrogen and oxygen atoms in total. The van der Waals surface area contributed by atoms with Crippen molar-refractivity contribution in [3.05, 3.63) is 58.6 Å². The zero-order valence-corrected chi connectivity index (χ0v) is 11.3. The lowest BCUT2D eigenvalue weighted by molar-refractivity contribution is 0.103. The molecule has 0 saturated heterocycles. The lowest BCUT2D eigenvalue weighted by Crippen LogP contribution is -2.02. The lowest BCUT2D eigenvalue weighted by Gasteiger charge is -2.06. The quantitative estimate of drug-likeness (QED) is 0.686. The first-order valence-corrected chi connectivity index (χ1v) is 6.32. The minimum absolute atomic E-state index is 0.0913. The van der Waals surface area contributed by atoms with Crippen LogP contribution in [0.15, 0.2) is 42.5 Å². The van der Waals surface area contributed by atoms with Gasteiger partial charge in [0.05, 0.1) is 17.3 Å². The van der Waals surface area contributed by atoms with Gasteiger partial charge in [-0.15, -0.1) is 0 Å². The number of benzene rings is 2. The highest BCUT2D eigenvalue weighted by Crippen LogP contribution is 2.22. The summed E-state index contributed by atoms with van der Waals surface area (Å²) in [5.41, 5.74) is 7.20. The largest absolute Gasteiger partial charge is 0.494 e. The summed E-state index contributed by atoms with van der Waals surface area (Å²) in [7, 11) is 0. The molecule has 0 heterocycles. The monoisotopic (exact) mass is 275 g/mol. The topological polar surface area (TPSA) is 52.3 Å². The molecule has 0 aliphatic rings. The van der Waals surface area contributed by atoms with Crippen molar-refractivity contribution >= 4 is 23.1 Å². The van der Waals surface area contributed by atoms with E-state index in [0.717, 1.165) is 5.75 Å². The SMILES string of the molecule is CCOc1ccc(C(=O)c2ccc(Cl)c(N)c2)cc1. The maximum atomic E-state index is 12.2. The molecule has 2 aromatic rings. The number of ketones is 1. The second-order valence-electron chi connectivity index (χ2n) is 4.02. The van der Waals surface area contributed by atoms with Crippen LogP contribution in [0.3, 0.4) is 0 Å². The van der Waals surface area contributed by atoms with Crippen LogP contribution >= 0.6 is 11.6 Å². The number of nitrogens with two attached hydrogens (primary N) is 1. The van der Waals surface area contributed by atoms with Crippen molar-refractivity contribution in [1.82, 2.24) is 0 Å². The van der Waals surface area contributed by atoms with Crippen LogP contribution in [0.2, 0.25) is 5.02 Å². The minimum atomic E-state index is -0.0913. The van der Waals surface area contributed by atoms with Crippen molar-refractivity contribution in [1.29, 1.82) is 0 Å². The lowest BCUT2D eigenvalue weighted by atomic mass is 10.0. The van der Waals surface area contributed by atoms with Crippen LogP contribution in [-0.4, -0.2) is 12.4 Å². The highest BCUT2D eigenvalue weighted by atomic mass is 35.5. The van der Waals surface area contributed by atoms with Crippen molar-refractivity contribution in [2.24, 2.45) is 0 Å². The van der Waals surface area contributed by atoms with Crippen molar-refractivity contribution in [2.45, 2.75) is 6.92 Å². The van der Waals surface area contributed by atoms with Gasteiger partial charge in [0.15, 0.2) is 5.78 Å². The van der Waals surface area contributed by atoms with Crippen molar-refractivity contribution < 1.29 is 9.53 Å². The summed E-state index contributed by atoms with van der Waals surface area (Å²) in [5.74, 6) is 0.654. The van der Waals surface area contributed by atoms with Gasteiger partial charge >= 0.3 is 0 Å². The first-order chi connectivity index (χ1) is 9.11. The van der Waals surface area contributed by atoms with E-state index in [1.165, 1.54) is 0 Å². The molecule has 4 heteroatoms.